The molecular formula is C21H25N3S. The van der Waals surface area contributed by atoms with E-state index in [4.69, 9.17) is 17.2 Å². The lowest BCUT2D eigenvalue weighted by Gasteiger charge is -2.36. The van der Waals surface area contributed by atoms with Crippen molar-refractivity contribution in [2.75, 3.05) is 10.2 Å². The highest BCUT2D eigenvalue weighted by Gasteiger charge is 2.43. The molecule has 0 unspecified atom stereocenters. The Morgan fingerprint density at radius 1 is 1.08 bits per heavy atom. The second kappa shape index (κ2) is 6.60. The zero-order valence-electron chi connectivity index (χ0n) is 15.6. The summed E-state index contributed by atoms with van der Waals surface area (Å²) in [6.07, 6.45) is 0.901. The molecule has 3 nitrogen and oxygen atoms in total. The molecule has 1 N–H and O–H groups in total. The first kappa shape index (κ1) is 17.6. The van der Waals surface area contributed by atoms with E-state index in [1.54, 1.807) is 0 Å². The summed E-state index contributed by atoms with van der Waals surface area (Å²) in [6, 6.07) is 14.7. The van der Waals surface area contributed by atoms with Crippen LogP contribution in [-0.4, -0.2) is 16.5 Å². The Morgan fingerprint density at radius 2 is 1.72 bits per heavy atom. The summed E-state index contributed by atoms with van der Waals surface area (Å²) in [5.41, 5.74) is 5.56. The Labute approximate surface area is 155 Å². The van der Waals surface area contributed by atoms with Crippen molar-refractivity contribution < 1.29 is 0 Å². The van der Waals surface area contributed by atoms with Crippen molar-refractivity contribution in [2.24, 2.45) is 4.99 Å². The van der Waals surface area contributed by atoms with Crippen LogP contribution in [0.1, 0.15) is 37.0 Å². The summed E-state index contributed by atoms with van der Waals surface area (Å²) in [7, 11) is 0. The number of nitrogens with one attached hydrogen (secondary N) is 1. The van der Waals surface area contributed by atoms with Crippen LogP contribution >= 0.6 is 12.2 Å². The highest BCUT2D eigenvalue weighted by Crippen LogP contribution is 2.35. The van der Waals surface area contributed by atoms with Gasteiger partial charge in [0.15, 0.2) is 0 Å². The highest BCUT2D eigenvalue weighted by molar-refractivity contribution is 7.80. The highest BCUT2D eigenvalue weighted by atomic mass is 32.1. The van der Waals surface area contributed by atoms with Crippen molar-refractivity contribution in [3.05, 3.63) is 59.2 Å². The third-order valence-electron chi connectivity index (χ3n) is 5.08. The van der Waals surface area contributed by atoms with Gasteiger partial charge in [-0.25, -0.2) is 4.99 Å². The van der Waals surface area contributed by atoms with Gasteiger partial charge in [0.25, 0.3) is 0 Å². The summed E-state index contributed by atoms with van der Waals surface area (Å²) in [5.74, 6) is 0.916. The van der Waals surface area contributed by atoms with Gasteiger partial charge in [-0.05, 0) is 75.2 Å². The SMILES string of the molecule is CC[C@]1(C)C(Nc2c(C)cccc2C)=NC(=S)N1c1cccc(C)c1. The van der Waals surface area contributed by atoms with Crippen LogP contribution < -0.4 is 10.2 Å². The number of hydrogen-bond acceptors (Lipinski definition) is 2. The number of aryl methyl sites for hydroxylation is 3. The molecule has 1 heterocycles. The predicted molar refractivity (Wildman–Crippen MR) is 112 cm³/mol. The first-order valence-electron chi connectivity index (χ1n) is 8.70. The number of amidine groups is 1. The first-order valence-corrected chi connectivity index (χ1v) is 9.11. The minimum Gasteiger partial charge on any atom is -0.341 e. The van der Waals surface area contributed by atoms with Gasteiger partial charge >= 0.3 is 0 Å². The Morgan fingerprint density at radius 3 is 2.32 bits per heavy atom. The van der Waals surface area contributed by atoms with E-state index in [1.807, 2.05) is 0 Å². The van der Waals surface area contributed by atoms with Crippen LogP contribution in [0.5, 0.6) is 0 Å². The number of rotatable bonds is 3. The zero-order valence-corrected chi connectivity index (χ0v) is 16.4. The summed E-state index contributed by atoms with van der Waals surface area (Å²) >= 11 is 5.64. The zero-order chi connectivity index (χ0) is 18.2. The molecule has 1 atom stereocenters. The fourth-order valence-electron chi connectivity index (χ4n) is 3.36. The molecular weight excluding hydrogens is 326 g/mol. The lowest BCUT2D eigenvalue weighted by molar-refractivity contribution is 0.607. The lowest BCUT2D eigenvalue weighted by Crippen LogP contribution is -2.51. The minimum absolute atomic E-state index is 0.292. The standard InChI is InChI=1S/C21H25N3S/c1-6-21(5)19(22-18-15(3)10-8-11-16(18)4)23-20(25)24(21)17-12-7-9-14(2)13-17/h7-13H,6H2,1-5H3,(H,22,23,25)/t21-/m1/s1. The minimum atomic E-state index is -0.292. The van der Waals surface area contributed by atoms with Crippen molar-refractivity contribution in [3.8, 4) is 0 Å². The molecule has 0 saturated heterocycles. The third kappa shape index (κ3) is 3.07. The molecule has 0 spiro atoms. The maximum Gasteiger partial charge on any atom is 0.202 e. The monoisotopic (exact) mass is 351 g/mol. The second-order valence-corrected chi connectivity index (χ2v) is 7.30. The van der Waals surface area contributed by atoms with Crippen LogP contribution in [0.25, 0.3) is 0 Å². The quantitative estimate of drug-likeness (QED) is 0.751. The van der Waals surface area contributed by atoms with E-state index in [0.29, 0.717) is 5.11 Å². The van der Waals surface area contributed by atoms with Crippen molar-refractivity contribution in [3.63, 3.8) is 0 Å². The second-order valence-electron chi connectivity index (χ2n) is 6.94. The molecule has 4 heteroatoms. The Hall–Kier alpha value is -2.20. The van der Waals surface area contributed by atoms with E-state index in [-0.39, 0.29) is 5.54 Å². The Bertz CT molecular complexity index is 836. The van der Waals surface area contributed by atoms with Gasteiger partial charge in [-0.3, -0.25) is 0 Å². The number of benzene rings is 2. The first-order chi connectivity index (χ1) is 11.9. The molecule has 25 heavy (non-hydrogen) atoms. The maximum atomic E-state index is 5.64. The van der Waals surface area contributed by atoms with Crippen LogP contribution in [0.4, 0.5) is 11.4 Å². The van der Waals surface area contributed by atoms with Crippen LogP contribution in [0.15, 0.2) is 47.5 Å². The number of aliphatic imine (C=N–C) groups is 1. The van der Waals surface area contributed by atoms with Crippen molar-refractivity contribution >= 4 is 34.5 Å². The van der Waals surface area contributed by atoms with Crippen LogP contribution in [0.2, 0.25) is 0 Å². The molecule has 130 valence electrons. The number of hydrogen-bond donors (Lipinski definition) is 1. The lowest BCUT2D eigenvalue weighted by atomic mass is 9.94. The van der Waals surface area contributed by atoms with E-state index in [0.717, 1.165) is 23.6 Å². The molecule has 2 aromatic rings. The van der Waals surface area contributed by atoms with Crippen LogP contribution in [-0.2, 0) is 0 Å². The largest absolute Gasteiger partial charge is 0.341 e. The molecule has 1 aliphatic heterocycles. The van der Waals surface area contributed by atoms with E-state index < -0.39 is 0 Å². The molecule has 0 saturated carbocycles. The fraction of sp³-hybridized carbons (Fsp3) is 0.333. The van der Waals surface area contributed by atoms with E-state index in [2.05, 4.69) is 87.3 Å². The molecule has 0 fully saturated rings. The van der Waals surface area contributed by atoms with Crippen molar-refractivity contribution in [2.45, 2.75) is 46.6 Å². The number of anilines is 2. The molecule has 0 aromatic heterocycles. The molecule has 2 aromatic carbocycles. The average molecular weight is 352 g/mol. The third-order valence-corrected chi connectivity index (χ3v) is 5.35. The molecule has 3 rings (SSSR count). The smallest absolute Gasteiger partial charge is 0.202 e. The summed E-state index contributed by atoms with van der Waals surface area (Å²) in [4.78, 5) is 6.91. The van der Waals surface area contributed by atoms with Crippen molar-refractivity contribution in [1.29, 1.82) is 0 Å². The van der Waals surface area contributed by atoms with Crippen LogP contribution in [0.3, 0.4) is 0 Å². The maximum absolute atomic E-state index is 5.64. The van der Waals surface area contributed by atoms with E-state index in [9.17, 15) is 0 Å². The molecule has 1 aliphatic rings. The van der Waals surface area contributed by atoms with Gasteiger partial charge in [0, 0.05) is 11.4 Å². The average Bonchev–Trinajstić information content (AvgIpc) is 2.82. The van der Waals surface area contributed by atoms with Gasteiger partial charge < -0.3 is 10.2 Å². The number of para-hydroxylation sites is 1. The topological polar surface area (TPSA) is 27.6 Å². The normalized spacial score (nSPS) is 20.0. The molecule has 0 bridgehead atoms. The number of thiocarbonyl (C=S) groups is 1. The number of nitrogens with zero attached hydrogens (tertiary/aromatic N) is 2. The summed E-state index contributed by atoms with van der Waals surface area (Å²) < 4.78 is 0. The molecule has 0 amide bonds. The van der Waals surface area contributed by atoms with Gasteiger partial charge in [-0.15, -0.1) is 0 Å². The van der Waals surface area contributed by atoms with Gasteiger partial charge in [-0.2, -0.15) is 0 Å². The summed E-state index contributed by atoms with van der Waals surface area (Å²) in [5, 5.41) is 4.20. The molecule has 0 aliphatic carbocycles. The van der Waals surface area contributed by atoms with Crippen LogP contribution in [0, 0.1) is 20.8 Å². The Balaban J connectivity index is 2.01. The Kier molecular flexibility index (Phi) is 4.65. The van der Waals surface area contributed by atoms with Crippen molar-refractivity contribution in [1.82, 2.24) is 0 Å². The van der Waals surface area contributed by atoms with E-state index in [1.165, 1.54) is 16.7 Å². The summed E-state index contributed by atoms with van der Waals surface area (Å²) in [6.45, 7) is 10.7. The van der Waals surface area contributed by atoms with Gasteiger partial charge in [-0.1, -0.05) is 37.3 Å². The van der Waals surface area contributed by atoms with Gasteiger partial charge in [0.05, 0.1) is 0 Å². The predicted octanol–water partition coefficient (Wildman–Crippen LogP) is 5.40. The van der Waals surface area contributed by atoms with Gasteiger partial charge in [0.2, 0.25) is 5.11 Å². The fourth-order valence-corrected chi connectivity index (χ4v) is 3.76. The van der Waals surface area contributed by atoms with Gasteiger partial charge in [0.1, 0.15) is 11.4 Å². The molecule has 0 radical (unpaired) electrons. The van der Waals surface area contributed by atoms with E-state index >= 15 is 0 Å².